The van der Waals surface area contributed by atoms with E-state index in [1.807, 2.05) is 0 Å². The number of carboxylic acids is 1. The fourth-order valence-electron chi connectivity index (χ4n) is 0.937. The van der Waals surface area contributed by atoms with Gasteiger partial charge < -0.3 is 15.5 Å². The van der Waals surface area contributed by atoms with E-state index in [-0.39, 0.29) is 5.56 Å². The molecule has 0 aromatic carbocycles. The third-order valence-corrected chi connectivity index (χ3v) is 1.78. The van der Waals surface area contributed by atoms with Crippen LogP contribution in [0, 0.1) is 5.95 Å². The molecule has 0 unspecified atom stereocenters. The maximum atomic E-state index is 12.4. The van der Waals surface area contributed by atoms with Crippen LogP contribution in [-0.2, 0) is 4.79 Å². The Morgan fingerprint density at radius 3 is 2.62 bits per heavy atom. The summed E-state index contributed by atoms with van der Waals surface area (Å²) in [5.74, 6) is -2.84. The molecule has 3 N–H and O–H groups in total. The van der Waals surface area contributed by atoms with Gasteiger partial charge >= 0.3 is 5.97 Å². The molecule has 0 aliphatic carbocycles. The summed E-state index contributed by atoms with van der Waals surface area (Å²) in [6.07, 6.45) is 0.973. The number of nitrogens with one attached hydrogen (secondary N) is 1. The number of aliphatic carboxylic acids is 1. The van der Waals surface area contributed by atoms with E-state index >= 15 is 0 Å². The summed E-state index contributed by atoms with van der Waals surface area (Å²) in [5, 5.41) is 19.3. The molecule has 1 aromatic heterocycles. The SMILES string of the molecule is O=C(N[C@H](CO)C(=O)O)c1ccc(F)nc1. The van der Waals surface area contributed by atoms with Crippen molar-refractivity contribution in [1.82, 2.24) is 10.3 Å². The number of carboxylic acid groups (broad SMARTS) is 1. The zero-order chi connectivity index (χ0) is 12.1. The molecule has 0 fully saturated rings. The summed E-state index contributed by atoms with van der Waals surface area (Å²) in [6.45, 7) is -0.726. The molecule has 1 atom stereocenters. The quantitative estimate of drug-likeness (QED) is 0.597. The molecule has 0 aliphatic rings. The van der Waals surface area contributed by atoms with Crippen LogP contribution >= 0.6 is 0 Å². The molecule has 6 nitrogen and oxygen atoms in total. The highest BCUT2D eigenvalue weighted by molar-refractivity contribution is 5.96. The number of halogens is 1. The van der Waals surface area contributed by atoms with Crippen LogP contribution in [0.2, 0.25) is 0 Å². The molecule has 0 aliphatic heterocycles. The van der Waals surface area contributed by atoms with E-state index < -0.39 is 30.5 Å². The van der Waals surface area contributed by atoms with Crippen molar-refractivity contribution in [3.8, 4) is 0 Å². The zero-order valence-electron chi connectivity index (χ0n) is 8.05. The van der Waals surface area contributed by atoms with Gasteiger partial charge in [-0.25, -0.2) is 9.78 Å². The van der Waals surface area contributed by atoms with Crippen molar-refractivity contribution in [2.45, 2.75) is 6.04 Å². The number of aliphatic hydroxyl groups is 1. The van der Waals surface area contributed by atoms with Crippen LogP contribution in [0.1, 0.15) is 10.4 Å². The van der Waals surface area contributed by atoms with Gasteiger partial charge in [-0.05, 0) is 12.1 Å². The Hall–Kier alpha value is -2.02. The lowest BCUT2D eigenvalue weighted by Crippen LogP contribution is -2.43. The summed E-state index contributed by atoms with van der Waals surface area (Å²) < 4.78 is 12.4. The van der Waals surface area contributed by atoms with E-state index in [1.165, 1.54) is 0 Å². The molecular formula is C9H9FN2O4. The fourth-order valence-corrected chi connectivity index (χ4v) is 0.937. The standard InChI is InChI=1S/C9H9FN2O4/c10-7-2-1-5(3-11-7)8(14)12-6(4-13)9(15)16/h1-3,6,13H,4H2,(H,12,14)(H,15,16)/t6-/m1/s1. The van der Waals surface area contributed by atoms with Gasteiger partial charge in [-0.3, -0.25) is 4.79 Å². The number of pyridine rings is 1. The summed E-state index contributed by atoms with van der Waals surface area (Å²) in [5.41, 5.74) is 0.0149. The van der Waals surface area contributed by atoms with E-state index in [0.29, 0.717) is 0 Å². The third kappa shape index (κ3) is 2.99. The molecule has 0 bridgehead atoms. The Balaban J connectivity index is 2.71. The van der Waals surface area contributed by atoms with Crippen molar-refractivity contribution in [1.29, 1.82) is 0 Å². The number of hydrogen-bond acceptors (Lipinski definition) is 4. The Morgan fingerprint density at radius 1 is 1.50 bits per heavy atom. The Kier molecular flexibility index (Phi) is 3.90. The first kappa shape index (κ1) is 12.1. The van der Waals surface area contributed by atoms with Crippen LogP contribution in [0.3, 0.4) is 0 Å². The number of carbonyl (C=O) groups excluding carboxylic acids is 1. The first-order valence-electron chi connectivity index (χ1n) is 4.30. The second kappa shape index (κ2) is 5.17. The van der Waals surface area contributed by atoms with Crippen LogP contribution in [0.25, 0.3) is 0 Å². The number of nitrogens with zero attached hydrogens (tertiary/aromatic N) is 1. The molecular weight excluding hydrogens is 219 g/mol. The maximum absolute atomic E-state index is 12.4. The van der Waals surface area contributed by atoms with E-state index in [9.17, 15) is 14.0 Å². The van der Waals surface area contributed by atoms with Crippen molar-refractivity contribution in [2.75, 3.05) is 6.61 Å². The minimum atomic E-state index is -1.39. The maximum Gasteiger partial charge on any atom is 0.328 e. The first-order chi connectivity index (χ1) is 7.54. The number of aromatic nitrogens is 1. The van der Waals surface area contributed by atoms with Gasteiger partial charge in [0.1, 0.15) is 0 Å². The minimum Gasteiger partial charge on any atom is -0.480 e. The lowest BCUT2D eigenvalue weighted by Gasteiger charge is -2.10. The van der Waals surface area contributed by atoms with E-state index in [2.05, 4.69) is 10.3 Å². The molecule has 7 heteroatoms. The second-order valence-corrected chi connectivity index (χ2v) is 2.92. The minimum absolute atomic E-state index is 0.0149. The molecule has 16 heavy (non-hydrogen) atoms. The Labute approximate surface area is 89.7 Å². The van der Waals surface area contributed by atoms with E-state index in [4.69, 9.17) is 10.2 Å². The highest BCUT2D eigenvalue weighted by atomic mass is 19.1. The van der Waals surface area contributed by atoms with Crippen molar-refractivity contribution < 1.29 is 24.2 Å². The second-order valence-electron chi connectivity index (χ2n) is 2.92. The molecule has 1 amide bonds. The predicted molar refractivity (Wildman–Crippen MR) is 50.2 cm³/mol. The topological polar surface area (TPSA) is 99.5 Å². The van der Waals surface area contributed by atoms with Gasteiger partial charge in [-0.1, -0.05) is 0 Å². The van der Waals surface area contributed by atoms with Gasteiger partial charge in [0.25, 0.3) is 5.91 Å². The van der Waals surface area contributed by atoms with E-state index in [1.54, 1.807) is 0 Å². The molecule has 0 saturated carbocycles. The number of rotatable bonds is 4. The average Bonchev–Trinajstić information content (AvgIpc) is 2.26. The molecule has 1 heterocycles. The van der Waals surface area contributed by atoms with Crippen molar-refractivity contribution >= 4 is 11.9 Å². The summed E-state index contributed by atoms with van der Waals surface area (Å²) in [7, 11) is 0. The predicted octanol–water partition coefficient (Wildman–Crippen LogP) is -0.604. The summed E-state index contributed by atoms with van der Waals surface area (Å²) in [6, 6.07) is 0.745. The van der Waals surface area contributed by atoms with Crippen LogP contribution in [0.4, 0.5) is 4.39 Å². The summed E-state index contributed by atoms with van der Waals surface area (Å²) in [4.78, 5) is 25.1. The molecule has 0 radical (unpaired) electrons. The van der Waals surface area contributed by atoms with Crippen molar-refractivity contribution in [3.63, 3.8) is 0 Å². The number of amides is 1. The van der Waals surface area contributed by atoms with E-state index in [0.717, 1.165) is 18.3 Å². The smallest absolute Gasteiger partial charge is 0.328 e. The van der Waals surface area contributed by atoms with Gasteiger partial charge in [0.05, 0.1) is 12.2 Å². The molecule has 0 spiro atoms. The number of carbonyl (C=O) groups is 2. The van der Waals surface area contributed by atoms with Gasteiger partial charge in [-0.2, -0.15) is 4.39 Å². The lowest BCUT2D eigenvalue weighted by molar-refractivity contribution is -0.140. The number of hydrogen-bond donors (Lipinski definition) is 3. The first-order valence-corrected chi connectivity index (χ1v) is 4.30. The number of aliphatic hydroxyl groups excluding tert-OH is 1. The zero-order valence-corrected chi connectivity index (χ0v) is 8.05. The third-order valence-electron chi connectivity index (χ3n) is 1.78. The normalized spacial score (nSPS) is 11.9. The largest absolute Gasteiger partial charge is 0.480 e. The van der Waals surface area contributed by atoms with Crippen LogP contribution in [0.15, 0.2) is 18.3 Å². The lowest BCUT2D eigenvalue weighted by atomic mass is 10.2. The van der Waals surface area contributed by atoms with Crippen LogP contribution in [-0.4, -0.2) is 39.7 Å². The van der Waals surface area contributed by atoms with Gasteiger partial charge in [0.2, 0.25) is 5.95 Å². The molecule has 86 valence electrons. The molecule has 1 aromatic rings. The highest BCUT2D eigenvalue weighted by Gasteiger charge is 2.19. The van der Waals surface area contributed by atoms with Crippen molar-refractivity contribution in [2.24, 2.45) is 0 Å². The highest BCUT2D eigenvalue weighted by Crippen LogP contribution is 1.99. The molecule has 1 rings (SSSR count). The Bertz CT molecular complexity index is 393. The fraction of sp³-hybridized carbons (Fsp3) is 0.222. The molecule has 0 saturated heterocycles. The monoisotopic (exact) mass is 228 g/mol. The van der Waals surface area contributed by atoms with Crippen LogP contribution in [0.5, 0.6) is 0 Å². The average molecular weight is 228 g/mol. The summed E-state index contributed by atoms with van der Waals surface area (Å²) >= 11 is 0. The van der Waals surface area contributed by atoms with Gasteiger partial charge in [-0.15, -0.1) is 0 Å². The van der Waals surface area contributed by atoms with Gasteiger partial charge in [0, 0.05) is 6.20 Å². The van der Waals surface area contributed by atoms with Crippen LogP contribution < -0.4 is 5.32 Å². The Morgan fingerprint density at radius 2 is 2.19 bits per heavy atom. The van der Waals surface area contributed by atoms with Crippen molar-refractivity contribution in [3.05, 3.63) is 29.8 Å². The van der Waals surface area contributed by atoms with Gasteiger partial charge in [0.15, 0.2) is 6.04 Å².